The van der Waals surface area contributed by atoms with Crippen LogP contribution in [0.25, 0.3) is 5.69 Å². The first-order valence-electron chi connectivity index (χ1n) is 6.50. The maximum Gasteiger partial charge on any atom is 0.303 e. The third-order valence-corrected chi connectivity index (χ3v) is 2.85. The van der Waals surface area contributed by atoms with Crippen LogP contribution in [0.5, 0.6) is 0 Å². The molecule has 2 N–H and O–H groups in total. The van der Waals surface area contributed by atoms with E-state index in [4.69, 9.17) is 5.11 Å². The fourth-order valence-corrected chi connectivity index (χ4v) is 1.75. The molecule has 21 heavy (non-hydrogen) atoms. The van der Waals surface area contributed by atoms with E-state index in [2.05, 4.69) is 20.8 Å². The molecule has 2 aromatic rings. The van der Waals surface area contributed by atoms with E-state index in [0.29, 0.717) is 24.9 Å². The Kier molecular flexibility index (Phi) is 4.97. The van der Waals surface area contributed by atoms with Crippen LogP contribution in [-0.2, 0) is 4.79 Å². The Morgan fingerprint density at radius 3 is 2.57 bits per heavy atom. The smallest absolute Gasteiger partial charge is 0.303 e. The van der Waals surface area contributed by atoms with Crippen LogP contribution in [0, 0.1) is 0 Å². The van der Waals surface area contributed by atoms with Crippen LogP contribution >= 0.6 is 0 Å². The molecule has 1 aromatic carbocycles. The van der Waals surface area contributed by atoms with Crippen LogP contribution in [0.2, 0.25) is 0 Å². The number of benzene rings is 1. The van der Waals surface area contributed by atoms with Crippen molar-refractivity contribution in [3.63, 3.8) is 0 Å². The Hall–Kier alpha value is -2.77. The third-order valence-electron chi connectivity index (χ3n) is 2.85. The quantitative estimate of drug-likeness (QED) is 0.724. The van der Waals surface area contributed by atoms with Gasteiger partial charge in [-0.05, 0) is 47.5 Å². The van der Waals surface area contributed by atoms with Gasteiger partial charge < -0.3 is 10.4 Å². The van der Waals surface area contributed by atoms with Gasteiger partial charge in [0.15, 0.2) is 0 Å². The first-order valence-corrected chi connectivity index (χ1v) is 6.50. The van der Waals surface area contributed by atoms with Gasteiger partial charge in [0.1, 0.15) is 6.33 Å². The minimum Gasteiger partial charge on any atom is -0.481 e. The summed E-state index contributed by atoms with van der Waals surface area (Å²) in [5.74, 6) is -1.01. The lowest BCUT2D eigenvalue weighted by atomic mass is 10.2. The molecule has 8 heteroatoms. The molecule has 2 rings (SSSR count). The number of carboxylic acid groups (broad SMARTS) is 1. The van der Waals surface area contributed by atoms with Gasteiger partial charge in [0, 0.05) is 18.5 Å². The van der Waals surface area contributed by atoms with Crippen molar-refractivity contribution in [1.29, 1.82) is 0 Å². The number of aromatic nitrogens is 4. The minimum absolute atomic E-state index is 0.122. The highest BCUT2D eigenvalue weighted by Gasteiger charge is 2.06. The maximum atomic E-state index is 11.9. The van der Waals surface area contributed by atoms with E-state index in [1.807, 2.05) is 0 Å². The maximum absolute atomic E-state index is 11.9. The van der Waals surface area contributed by atoms with Gasteiger partial charge in [-0.3, -0.25) is 9.59 Å². The summed E-state index contributed by atoms with van der Waals surface area (Å²) in [4.78, 5) is 22.2. The number of hydrogen-bond donors (Lipinski definition) is 2. The van der Waals surface area contributed by atoms with E-state index >= 15 is 0 Å². The lowest BCUT2D eigenvalue weighted by molar-refractivity contribution is -0.137. The highest BCUT2D eigenvalue weighted by atomic mass is 16.4. The lowest BCUT2D eigenvalue weighted by Gasteiger charge is -2.05. The van der Waals surface area contributed by atoms with Crippen molar-refractivity contribution in [1.82, 2.24) is 25.5 Å². The normalized spacial score (nSPS) is 10.3. The second-order valence-electron chi connectivity index (χ2n) is 4.41. The number of nitrogens with zero attached hydrogens (tertiary/aromatic N) is 4. The molecular weight excluding hydrogens is 274 g/mol. The number of rotatable bonds is 7. The van der Waals surface area contributed by atoms with Crippen LogP contribution < -0.4 is 5.32 Å². The SMILES string of the molecule is O=C(O)CCCCNC(=O)c1ccc(-n2cnnn2)cc1. The van der Waals surface area contributed by atoms with E-state index in [-0.39, 0.29) is 12.3 Å². The van der Waals surface area contributed by atoms with Crippen LogP contribution in [-0.4, -0.2) is 43.7 Å². The minimum atomic E-state index is -0.820. The highest BCUT2D eigenvalue weighted by molar-refractivity contribution is 5.94. The lowest BCUT2D eigenvalue weighted by Crippen LogP contribution is -2.24. The van der Waals surface area contributed by atoms with Gasteiger partial charge in [-0.2, -0.15) is 0 Å². The van der Waals surface area contributed by atoms with Gasteiger partial charge in [0.2, 0.25) is 0 Å². The van der Waals surface area contributed by atoms with Gasteiger partial charge >= 0.3 is 5.97 Å². The molecule has 110 valence electrons. The summed E-state index contributed by atoms with van der Waals surface area (Å²) in [5, 5.41) is 22.1. The zero-order valence-electron chi connectivity index (χ0n) is 11.3. The van der Waals surface area contributed by atoms with E-state index in [0.717, 1.165) is 5.69 Å². The standard InChI is InChI=1S/C13H15N5O3/c19-12(20)3-1-2-8-14-13(21)10-4-6-11(7-5-10)18-9-15-16-17-18/h4-7,9H,1-3,8H2,(H,14,21)(H,19,20). The summed E-state index contributed by atoms with van der Waals surface area (Å²) in [7, 11) is 0. The number of amides is 1. The van der Waals surface area contributed by atoms with Crippen molar-refractivity contribution in [2.45, 2.75) is 19.3 Å². The average Bonchev–Trinajstić information content (AvgIpc) is 3.01. The first-order chi connectivity index (χ1) is 10.2. The van der Waals surface area contributed by atoms with Crippen molar-refractivity contribution in [2.24, 2.45) is 0 Å². The molecule has 1 aromatic heterocycles. The zero-order chi connectivity index (χ0) is 15.1. The molecule has 0 spiro atoms. The van der Waals surface area contributed by atoms with Crippen molar-refractivity contribution >= 4 is 11.9 Å². The molecule has 0 aliphatic carbocycles. The van der Waals surface area contributed by atoms with Crippen LogP contribution in [0.4, 0.5) is 0 Å². The highest BCUT2D eigenvalue weighted by Crippen LogP contribution is 2.07. The van der Waals surface area contributed by atoms with E-state index in [1.165, 1.54) is 11.0 Å². The average molecular weight is 289 g/mol. The van der Waals surface area contributed by atoms with E-state index < -0.39 is 5.97 Å². The monoisotopic (exact) mass is 289 g/mol. The molecule has 0 saturated heterocycles. The Morgan fingerprint density at radius 2 is 1.95 bits per heavy atom. The molecule has 8 nitrogen and oxygen atoms in total. The molecule has 0 aliphatic rings. The number of aliphatic carboxylic acids is 1. The van der Waals surface area contributed by atoms with E-state index in [1.54, 1.807) is 24.3 Å². The summed E-state index contributed by atoms with van der Waals surface area (Å²) in [5.41, 5.74) is 1.29. The first kappa shape index (κ1) is 14.6. The van der Waals surface area contributed by atoms with Crippen molar-refractivity contribution < 1.29 is 14.7 Å². The molecule has 0 aliphatic heterocycles. The van der Waals surface area contributed by atoms with Crippen LogP contribution in [0.1, 0.15) is 29.6 Å². The van der Waals surface area contributed by atoms with Crippen molar-refractivity contribution in [2.75, 3.05) is 6.54 Å². The molecule has 1 amide bonds. The summed E-state index contributed by atoms with van der Waals surface area (Å²) < 4.78 is 1.49. The zero-order valence-corrected chi connectivity index (χ0v) is 11.3. The molecule has 1 heterocycles. The number of carbonyl (C=O) groups is 2. The topological polar surface area (TPSA) is 110 Å². The molecule has 0 bridgehead atoms. The Bertz CT molecular complexity index is 595. The van der Waals surface area contributed by atoms with Gasteiger partial charge in [-0.1, -0.05) is 0 Å². The molecule has 0 unspecified atom stereocenters. The molecular formula is C13H15N5O3. The predicted molar refractivity (Wildman–Crippen MR) is 73.0 cm³/mol. The van der Waals surface area contributed by atoms with Gasteiger partial charge in [-0.15, -0.1) is 5.10 Å². The summed E-state index contributed by atoms with van der Waals surface area (Å²) >= 11 is 0. The Balaban J connectivity index is 1.81. The molecule has 0 radical (unpaired) electrons. The fraction of sp³-hybridized carbons (Fsp3) is 0.308. The number of unbranched alkanes of at least 4 members (excludes halogenated alkanes) is 1. The van der Waals surface area contributed by atoms with E-state index in [9.17, 15) is 9.59 Å². The molecule has 0 atom stereocenters. The summed E-state index contributed by atoms with van der Waals surface area (Å²) in [6.45, 7) is 0.459. The number of carboxylic acids is 1. The second kappa shape index (κ2) is 7.13. The van der Waals surface area contributed by atoms with Gasteiger partial charge in [0.25, 0.3) is 5.91 Å². The largest absolute Gasteiger partial charge is 0.481 e. The Morgan fingerprint density at radius 1 is 1.19 bits per heavy atom. The third kappa shape index (κ3) is 4.37. The Labute approximate surface area is 120 Å². The fourth-order valence-electron chi connectivity index (χ4n) is 1.75. The van der Waals surface area contributed by atoms with Gasteiger partial charge in [-0.25, -0.2) is 4.68 Å². The van der Waals surface area contributed by atoms with Crippen molar-refractivity contribution in [3.8, 4) is 5.69 Å². The van der Waals surface area contributed by atoms with Crippen LogP contribution in [0.15, 0.2) is 30.6 Å². The number of carbonyl (C=O) groups excluding carboxylic acids is 1. The van der Waals surface area contributed by atoms with Crippen LogP contribution in [0.3, 0.4) is 0 Å². The second-order valence-corrected chi connectivity index (χ2v) is 4.41. The number of nitrogens with one attached hydrogen (secondary N) is 1. The molecule has 0 fully saturated rings. The number of tetrazole rings is 1. The summed E-state index contributed by atoms with van der Waals surface area (Å²) in [6.07, 6.45) is 2.78. The predicted octanol–water partition coefficient (Wildman–Crippen LogP) is 0.647. The van der Waals surface area contributed by atoms with Crippen molar-refractivity contribution in [3.05, 3.63) is 36.2 Å². The number of hydrogen-bond acceptors (Lipinski definition) is 5. The summed E-state index contributed by atoms with van der Waals surface area (Å²) in [6, 6.07) is 6.86. The molecule has 0 saturated carbocycles. The van der Waals surface area contributed by atoms with Gasteiger partial charge in [0.05, 0.1) is 5.69 Å².